The third-order valence-corrected chi connectivity index (χ3v) is 8.84. The fraction of sp³-hybridized carbons (Fsp3) is 0.382. The molecule has 0 saturated heterocycles. The van der Waals surface area contributed by atoms with Crippen LogP contribution in [0, 0.1) is 12.8 Å². The van der Waals surface area contributed by atoms with Crippen molar-refractivity contribution in [2.75, 3.05) is 6.61 Å². The lowest BCUT2D eigenvalue weighted by Gasteiger charge is -2.35. The monoisotopic (exact) mass is 584 g/mol. The first-order chi connectivity index (χ1) is 20.4. The normalized spacial score (nSPS) is 15.5. The van der Waals surface area contributed by atoms with Gasteiger partial charge in [0.2, 0.25) is 5.91 Å². The minimum Gasteiger partial charge on any atom is -0.506 e. The van der Waals surface area contributed by atoms with Crippen LogP contribution in [0.25, 0.3) is 22.8 Å². The highest BCUT2D eigenvalue weighted by atomic mass is 35.5. The highest BCUT2D eigenvalue weighted by Crippen LogP contribution is 2.33. The number of hydrogen-bond acceptors (Lipinski definition) is 5. The number of hydrogen-bond donors (Lipinski definition) is 1. The Morgan fingerprint density at radius 1 is 0.976 bits per heavy atom. The molecule has 0 bridgehead atoms. The molecule has 1 amide bonds. The van der Waals surface area contributed by atoms with Crippen molar-refractivity contribution in [3.63, 3.8) is 0 Å². The minimum absolute atomic E-state index is 0.0224. The van der Waals surface area contributed by atoms with Gasteiger partial charge < -0.3 is 14.7 Å². The lowest BCUT2D eigenvalue weighted by molar-refractivity contribution is -0.141. The molecule has 2 saturated carbocycles. The standard InChI is InChI=1S/C34H37ClN4O3/c1-23-9-13-25(14-10-23)33-36-32(27-15-18-31(40)30(35)21-27)37-39(33)19-20-42-29-16-11-24(12-17-29)22-38(28-7-2-3-8-28)34(41)26-5-4-6-26/h9-18,21,26,28,40H,2-8,19-20,22H2,1H3. The van der Waals surface area contributed by atoms with Gasteiger partial charge in [-0.3, -0.25) is 4.79 Å². The number of rotatable bonds is 10. The Labute approximate surface area is 252 Å². The Balaban J connectivity index is 1.13. The molecule has 42 heavy (non-hydrogen) atoms. The fourth-order valence-electron chi connectivity index (χ4n) is 5.81. The highest BCUT2D eigenvalue weighted by molar-refractivity contribution is 6.32. The van der Waals surface area contributed by atoms with Crippen molar-refractivity contribution < 1.29 is 14.6 Å². The van der Waals surface area contributed by atoms with Crippen molar-refractivity contribution in [1.82, 2.24) is 19.7 Å². The average molecular weight is 585 g/mol. The average Bonchev–Trinajstić information content (AvgIpc) is 3.64. The predicted octanol–water partition coefficient (Wildman–Crippen LogP) is 7.43. The van der Waals surface area contributed by atoms with Crippen LogP contribution >= 0.6 is 11.6 Å². The summed E-state index contributed by atoms with van der Waals surface area (Å²) in [6, 6.07) is 21.7. The zero-order valence-corrected chi connectivity index (χ0v) is 24.8. The number of aromatic hydroxyl groups is 1. The second-order valence-corrected chi connectivity index (χ2v) is 11.9. The van der Waals surface area contributed by atoms with E-state index in [2.05, 4.69) is 36.1 Å². The van der Waals surface area contributed by atoms with Gasteiger partial charge in [0.1, 0.15) is 18.1 Å². The molecule has 7 nitrogen and oxygen atoms in total. The Morgan fingerprint density at radius 3 is 2.36 bits per heavy atom. The summed E-state index contributed by atoms with van der Waals surface area (Å²) in [6.45, 7) is 3.63. The van der Waals surface area contributed by atoms with E-state index in [0.717, 1.165) is 53.9 Å². The smallest absolute Gasteiger partial charge is 0.226 e. The first-order valence-electron chi connectivity index (χ1n) is 15.0. The number of halogens is 1. The third kappa shape index (κ3) is 6.31. The van der Waals surface area contributed by atoms with Crippen LogP contribution in [-0.2, 0) is 17.9 Å². The summed E-state index contributed by atoms with van der Waals surface area (Å²) in [6.07, 6.45) is 7.92. The second-order valence-electron chi connectivity index (χ2n) is 11.5. The number of carbonyl (C=O) groups is 1. The molecule has 0 radical (unpaired) electrons. The van der Waals surface area contributed by atoms with E-state index in [-0.39, 0.29) is 16.7 Å². The van der Waals surface area contributed by atoms with Crippen LogP contribution in [0.1, 0.15) is 56.1 Å². The molecule has 2 aliphatic rings. The zero-order valence-electron chi connectivity index (χ0n) is 24.0. The number of benzene rings is 3. The number of amides is 1. The van der Waals surface area contributed by atoms with Gasteiger partial charge in [0.15, 0.2) is 11.6 Å². The zero-order chi connectivity index (χ0) is 29.1. The van der Waals surface area contributed by atoms with E-state index in [0.29, 0.717) is 37.5 Å². The quantitative estimate of drug-likeness (QED) is 0.210. The van der Waals surface area contributed by atoms with E-state index in [4.69, 9.17) is 26.4 Å². The number of phenolic OH excluding ortho intramolecular Hbond substituents is 1. The van der Waals surface area contributed by atoms with Gasteiger partial charge in [0.05, 0.1) is 11.6 Å². The number of ether oxygens (including phenoxy) is 1. The molecule has 218 valence electrons. The van der Waals surface area contributed by atoms with E-state index in [9.17, 15) is 9.90 Å². The van der Waals surface area contributed by atoms with Crippen LogP contribution in [0.15, 0.2) is 66.7 Å². The Bertz CT molecular complexity index is 1520. The first-order valence-corrected chi connectivity index (χ1v) is 15.4. The first kappa shape index (κ1) is 28.3. The molecule has 0 unspecified atom stereocenters. The maximum absolute atomic E-state index is 13.2. The summed E-state index contributed by atoms with van der Waals surface area (Å²) < 4.78 is 7.97. The SMILES string of the molecule is Cc1ccc(-c2nc(-c3ccc(O)c(Cl)c3)nn2CCOc2ccc(CN(C(=O)C3CCC3)C3CCCC3)cc2)cc1. The van der Waals surface area contributed by atoms with Crippen molar-refractivity contribution in [3.05, 3.63) is 82.9 Å². The number of aryl methyl sites for hydroxylation is 1. The summed E-state index contributed by atoms with van der Waals surface area (Å²) in [5, 5.41) is 14.8. The number of carbonyl (C=O) groups excluding carboxylic acids is 1. The van der Waals surface area contributed by atoms with Crippen molar-refractivity contribution in [2.24, 2.45) is 5.92 Å². The van der Waals surface area contributed by atoms with E-state index in [1.165, 1.54) is 24.8 Å². The molecular weight excluding hydrogens is 548 g/mol. The molecule has 8 heteroatoms. The van der Waals surface area contributed by atoms with Crippen molar-refractivity contribution >= 4 is 17.5 Å². The number of phenols is 1. The summed E-state index contributed by atoms with van der Waals surface area (Å²) in [5.41, 5.74) is 3.98. The largest absolute Gasteiger partial charge is 0.506 e. The van der Waals surface area contributed by atoms with Crippen molar-refractivity contribution in [1.29, 1.82) is 0 Å². The number of nitrogens with zero attached hydrogens (tertiary/aromatic N) is 4. The third-order valence-electron chi connectivity index (χ3n) is 8.54. The molecule has 1 aromatic heterocycles. The van der Waals surface area contributed by atoms with Gasteiger partial charge in [-0.05, 0) is 68.5 Å². The molecule has 0 spiro atoms. The maximum Gasteiger partial charge on any atom is 0.226 e. The Kier molecular flexibility index (Phi) is 8.47. The van der Waals surface area contributed by atoms with Crippen LogP contribution in [-0.4, -0.2) is 43.3 Å². The lowest BCUT2D eigenvalue weighted by atomic mass is 9.84. The molecule has 3 aromatic carbocycles. The van der Waals surface area contributed by atoms with Crippen LogP contribution in [0.5, 0.6) is 11.5 Å². The van der Waals surface area contributed by atoms with Crippen LogP contribution in [0.2, 0.25) is 5.02 Å². The number of aromatic nitrogens is 3. The molecular formula is C34H37ClN4O3. The maximum atomic E-state index is 13.2. The van der Waals surface area contributed by atoms with Gasteiger partial charge in [-0.1, -0.05) is 72.8 Å². The second kappa shape index (κ2) is 12.6. The van der Waals surface area contributed by atoms with Crippen LogP contribution in [0.4, 0.5) is 0 Å². The minimum atomic E-state index is 0.0224. The molecule has 2 aliphatic carbocycles. The van der Waals surface area contributed by atoms with E-state index in [1.807, 2.05) is 28.9 Å². The highest BCUT2D eigenvalue weighted by Gasteiger charge is 2.34. The van der Waals surface area contributed by atoms with Crippen LogP contribution < -0.4 is 4.74 Å². The van der Waals surface area contributed by atoms with Gasteiger partial charge in [0.25, 0.3) is 0 Å². The molecule has 0 atom stereocenters. The Morgan fingerprint density at radius 2 is 1.69 bits per heavy atom. The molecule has 1 N–H and O–H groups in total. The van der Waals surface area contributed by atoms with Crippen molar-refractivity contribution in [2.45, 2.75) is 71.0 Å². The van der Waals surface area contributed by atoms with Gasteiger partial charge in [0, 0.05) is 29.6 Å². The summed E-state index contributed by atoms with van der Waals surface area (Å²) in [5.74, 6) is 2.63. The molecule has 0 aliphatic heterocycles. The summed E-state index contributed by atoms with van der Waals surface area (Å²) in [7, 11) is 0. The summed E-state index contributed by atoms with van der Waals surface area (Å²) >= 11 is 6.15. The van der Waals surface area contributed by atoms with E-state index < -0.39 is 0 Å². The van der Waals surface area contributed by atoms with E-state index >= 15 is 0 Å². The predicted molar refractivity (Wildman–Crippen MR) is 164 cm³/mol. The summed E-state index contributed by atoms with van der Waals surface area (Å²) in [4.78, 5) is 20.2. The Hall–Kier alpha value is -3.84. The van der Waals surface area contributed by atoms with Gasteiger partial charge in [-0.2, -0.15) is 5.10 Å². The van der Waals surface area contributed by atoms with Crippen LogP contribution in [0.3, 0.4) is 0 Å². The molecule has 6 rings (SSSR count). The molecule has 2 fully saturated rings. The topological polar surface area (TPSA) is 80.5 Å². The molecule has 4 aromatic rings. The van der Waals surface area contributed by atoms with Gasteiger partial charge in [-0.15, -0.1) is 0 Å². The van der Waals surface area contributed by atoms with Gasteiger partial charge in [-0.25, -0.2) is 9.67 Å². The van der Waals surface area contributed by atoms with Gasteiger partial charge >= 0.3 is 0 Å². The fourth-order valence-corrected chi connectivity index (χ4v) is 5.99. The van der Waals surface area contributed by atoms with E-state index in [1.54, 1.807) is 18.2 Å². The molecule has 1 heterocycles. The van der Waals surface area contributed by atoms with Crippen molar-refractivity contribution in [3.8, 4) is 34.3 Å². The lowest BCUT2D eigenvalue weighted by Crippen LogP contribution is -2.43.